The van der Waals surface area contributed by atoms with Gasteiger partial charge in [0.15, 0.2) is 0 Å². The lowest BCUT2D eigenvalue weighted by molar-refractivity contribution is -0.126. The minimum absolute atomic E-state index is 0.154. The summed E-state index contributed by atoms with van der Waals surface area (Å²) in [6.07, 6.45) is 1.60. The molecule has 2 heterocycles. The van der Waals surface area contributed by atoms with Crippen molar-refractivity contribution >= 4 is 17.7 Å². The fourth-order valence-electron chi connectivity index (χ4n) is 3.38. The lowest BCUT2D eigenvalue weighted by Crippen LogP contribution is -2.52. The highest BCUT2D eigenvalue weighted by Gasteiger charge is 2.43. The van der Waals surface area contributed by atoms with E-state index < -0.39 is 23.8 Å². The molecule has 8 nitrogen and oxygen atoms in total. The fourth-order valence-corrected chi connectivity index (χ4v) is 3.38. The Morgan fingerprint density at radius 3 is 2.33 bits per heavy atom. The molecule has 3 rings (SSSR count). The monoisotopic (exact) mass is 411 g/mol. The Balaban J connectivity index is 1.74. The van der Waals surface area contributed by atoms with Crippen molar-refractivity contribution in [2.45, 2.75) is 26.4 Å². The minimum atomic E-state index is -0.924. The number of nitrogens with zero attached hydrogens (tertiary/aromatic N) is 2. The molecule has 0 aliphatic carbocycles. The summed E-state index contributed by atoms with van der Waals surface area (Å²) in [5.74, 6) is -1.18. The zero-order valence-electron chi connectivity index (χ0n) is 17.3. The van der Waals surface area contributed by atoms with Gasteiger partial charge in [0.1, 0.15) is 12.6 Å². The largest absolute Gasteiger partial charge is 0.475 e. The van der Waals surface area contributed by atoms with E-state index in [1.165, 1.54) is 0 Å². The predicted octanol–water partition coefficient (Wildman–Crippen LogP) is 2.04. The first-order valence-corrected chi connectivity index (χ1v) is 9.76. The van der Waals surface area contributed by atoms with Crippen LogP contribution in [0.4, 0.5) is 0 Å². The average molecular weight is 411 g/mol. The summed E-state index contributed by atoms with van der Waals surface area (Å²) in [6, 6.07) is 9.22. The highest BCUT2D eigenvalue weighted by atomic mass is 16.5. The molecule has 1 aromatic carbocycles. The van der Waals surface area contributed by atoms with E-state index in [2.05, 4.69) is 10.3 Å². The van der Waals surface area contributed by atoms with E-state index in [-0.39, 0.29) is 12.5 Å². The molecule has 1 aromatic heterocycles. The van der Waals surface area contributed by atoms with Gasteiger partial charge in [-0.15, -0.1) is 0 Å². The number of imide groups is 1. The fraction of sp³-hybridized carbons (Fsp3) is 0.364. The third-order valence-corrected chi connectivity index (χ3v) is 4.83. The van der Waals surface area contributed by atoms with E-state index in [1.54, 1.807) is 63.6 Å². The maximum atomic E-state index is 13.0. The van der Waals surface area contributed by atoms with E-state index in [9.17, 15) is 14.4 Å². The Hall–Kier alpha value is -3.26. The van der Waals surface area contributed by atoms with Crippen LogP contribution in [-0.2, 0) is 16.1 Å². The average Bonchev–Trinajstić information content (AvgIpc) is 2.99. The number of methoxy groups -OCH3 is 1. The Kier molecular flexibility index (Phi) is 6.79. The second-order valence-electron chi connectivity index (χ2n) is 7.24. The number of carbonyl (C=O) groups is 3. The number of fused-ring (bicyclic) bond motifs is 1. The quantitative estimate of drug-likeness (QED) is 0.501. The molecule has 8 heteroatoms. The minimum Gasteiger partial charge on any atom is -0.475 e. The number of hydrogen-bond donors (Lipinski definition) is 1. The van der Waals surface area contributed by atoms with Crippen molar-refractivity contribution in [1.82, 2.24) is 15.2 Å². The number of pyridine rings is 1. The smallest absolute Gasteiger partial charge is 0.262 e. The highest BCUT2D eigenvalue weighted by molar-refractivity contribution is 6.22. The van der Waals surface area contributed by atoms with Crippen molar-refractivity contribution in [2.24, 2.45) is 5.92 Å². The van der Waals surface area contributed by atoms with Crippen LogP contribution in [0.3, 0.4) is 0 Å². The maximum Gasteiger partial charge on any atom is 0.262 e. The number of ether oxygens (including phenoxy) is 2. The van der Waals surface area contributed by atoms with Gasteiger partial charge in [0.05, 0.1) is 17.7 Å². The van der Waals surface area contributed by atoms with Crippen LogP contribution in [0.5, 0.6) is 5.88 Å². The van der Waals surface area contributed by atoms with Crippen molar-refractivity contribution in [3.8, 4) is 5.88 Å². The topological polar surface area (TPSA) is 97.8 Å². The third-order valence-electron chi connectivity index (χ3n) is 4.83. The van der Waals surface area contributed by atoms with Gasteiger partial charge in [-0.05, 0) is 24.1 Å². The van der Waals surface area contributed by atoms with Gasteiger partial charge in [-0.2, -0.15) is 0 Å². The van der Waals surface area contributed by atoms with Gasteiger partial charge >= 0.3 is 0 Å². The number of nitrogens with one attached hydrogen (secondary N) is 1. The zero-order valence-corrected chi connectivity index (χ0v) is 17.3. The summed E-state index contributed by atoms with van der Waals surface area (Å²) < 4.78 is 10.6. The zero-order chi connectivity index (χ0) is 21.7. The molecule has 1 atom stereocenters. The van der Waals surface area contributed by atoms with Crippen molar-refractivity contribution < 1.29 is 23.9 Å². The number of hydrogen-bond acceptors (Lipinski definition) is 6. The SMILES string of the molecule is COCCOc1ncccc1CNC(=O)C(C(C)C)N1C(=O)c2ccccc2C1=O. The summed E-state index contributed by atoms with van der Waals surface area (Å²) in [4.78, 5) is 43.9. The van der Waals surface area contributed by atoms with Crippen LogP contribution < -0.4 is 10.1 Å². The summed E-state index contributed by atoms with van der Waals surface area (Å²) in [5.41, 5.74) is 1.33. The Morgan fingerprint density at radius 1 is 1.07 bits per heavy atom. The van der Waals surface area contributed by atoms with Gasteiger partial charge in [-0.3, -0.25) is 19.3 Å². The summed E-state index contributed by atoms with van der Waals surface area (Å²) >= 11 is 0. The number of benzene rings is 1. The van der Waals surface area contributed by atoms with Gasteiger partial charge in [-0.1, -0.05) is 32.0 Å². The molecule has 1 unspecified atom stereocenters. The molecule has 2 aromatic rings. The lowest BCUT2D eigenvalue weighted by atomic mass is 10.0. The van der Waals surface area contributed by atoms with E-state index in [0.717, 1.165) is 4.90 Å². The second kappa shape index (κ2) is 9.49. The lowest BCUT2D eigenvalue weighted by Gasteiger charge is -2.28. The number of carbonyl (C=O) groups excluding carboxylic acids is 3. The molecule has 0 bridgehead atoms. The van der Waals surface area contributed by atoms with Crippen LogP contribution in [0.2, 0.25) is 0 Å². The molecule has 30 heavy (non-hydrogen) atoms. The number of rotatable bonds is 9. The molecule has 1 aliphatic rings. The first-order chi connectivity index (χ1) is 14.5. The number of aromatic nitrogens is 1. The second-order valence-corrected chi connectivity index (χ2v) is 7.24. The van der Waals surface area contributed by atoms with Crippen LogP contribution in [-0.4, -0.2) is 54.0 Å². The van der Waals surface area contributed by atoms with Gasteiger partial charge in [0, 0.05) is 25.4 Å². The highest BCUT2D eigenvalue weighted by Crippen LogP contribution is 2.27. The molecule has 158 valence electrons. The molecular formula is C22H25N3O5. The van der Waals surface area contributed by atoms with Crippen molar-refractivity contribution in [3.63, 3.8) is 0 Å². The van der Waals surface area contributed by atoms with E-state index in [1.807, 2.05) is 0 Å². The molecule has 1 aliphatic heterocycles. The third kappa shape index (κ3) is 4.33. The molecule has 0 radical (unpaired) electrons. The van der Waals surface area contributed by atoms with Crippen molar-refractivity contribution in [2.75, 3.05) is 20.3 Å². The predicted molar refractivity (Wildman–Crippen MR) is 109 cm³/mol. The number of amides is 3. The molecule has 3 amide bonds. The molecule has 0 fully saturated rings. The molecule has 0 saturated carbocycles. The Labute approximate surface area is 175 Å². The Bertz CT molecular complexity index is 909. The molecule has 1 N–H and O–H groups in total. The first kappa shape index (κ1) is 21.4. The van der Waals surface area contributed by atoms with Crippen LogP contribution in [0.1, 0.15) is 40.1 Å². The summed E-state index contributed by atoms with van der Waals surface area (Å²) in [7, 11) is 1.58. The van der Waals surface area contributed by atoms with Crippen LogP contribution in [0, 0.1) is 5.92 Å². The van der Waals surface area contributed by atoms with Crippen molar-refractivity contribution in [1.29, 1.82) is 0 Å². The van der Waals surface area contributed by atoms with Crippen LogP contribution >= 0.6 is 0 Å². The molecule has 0 spiro atoms. The van der Waals surface area contributed by atoms with Gasteiger partial charge in [0.25, 0.3) is 11.8 Å². The Morgan fingerprint density at radius 2 is 1.73 bits per heavy atom. The van der Waals surface area contributed by atoms with Crippen molar-refractivity contribution in [3.05, 3.63) is 59.3 Å². The normalized spacial score (nSPS) is 14.1. The van der Waals surface area contributed by atoms with E-state index >= 15 is 0 Å². The van der Waals surface area contributed by atoms with Crippen LogP contribution in [0.15, 0.2) is 42.6 Å². The van der Waals surface area contributed by atoms with E-state index in [0.29, 0.717) is 35.8 Å². The van der Waals surface area contributed by atoms with Gasteiger partial charge in [-0.25, -0.2) is 4.98 Å². The maximum absolute atomic E-state index is 13.0. The van der Waals surface area contributed by atoms with Crippen LogP contribution in [0.25, 0.3) is 0 Å². The molecule has 0 saturated heterocycles. The summed E-state index contributed by atoms with van der Waals surface area (Å²) in [5, 5.41) is 2.82. The molecular weight excluding hydrogens is 386 g/mol. The van der Waals surface area contributed by atoms with Gasteiger partial charge < -0.3 is 14.8 Å². The van der Waals surface area contributed by atoms with E-state index in [4.69, 9.17) is 9.47 Å². The van der Waals surface area contributed by atoms with Gasteiger partial charge in [0.2, 0.25) is 11.8 Å². The first-order valence-electron chi connectivity index (χ1n) is 9.76. The standard InChI is InChI=1S/C22H25N3O5/c1-14(2)18(25-21(27)16-8-4-5-9-17(16)22(25)28)19(26)24-13-15-7-6-10-23-20(15)30-12-11-29-3/h4-10,14,18H,11-13H2,1-3H3,(H,24,26). The summed E-state index contributed by atoms with van der Waals surface area (Å²) in [6.45, 7) is 4.51.